The van der Waals surface area contributed by atoms with E-state index >= 15 is 0 Å². The summed E-state index contributed by atoms with van der Waals surface area (Å²) >= 11 is 4.93. The second kappa shape index (κ2) is 4.52. The van der Waals surface area contributed by atoms with Gasteiger partial charge in [0.25, 0.3) is 0 Å². The van der Waals surface area contributed by atoms with Crippen molar-refractivity contribution in [3.05, 3.63) is 4.77 Å². The summed E-state index contributed by atoms with van der Waals surface area (Å²) in [6.07, 6.45) is 2.57. The van der Waals surface area contributed by atoms with E-state index in [0.717, 1.165) is 32.5 Å². The number of carbonyl (C=O) groups excluding carboxylic acids is 1. The van der Waals surface area contributed by atoms with Gasteiger partial charge < -0.3 is 4.90 Å². The molecule has 0 saturated carbocycles. The number of rotatable bonds is 4. The van der Waals surface area contributed by atoms with E-state index in [9.17, 15) is 4.79 Å². The van der Waals surface area contributed by atoms with Gasteiger partial charge in [-0.25, -0.2) is 4.68 Å². The molecule has 0 spiro atoms. The molecule has 0 unspecified atom stereocenters. The number of nitrogens with zero attached hydrogens (tertiary/aromatic N) is 4. The van der Waals surface area contributed by atoms with E-state index in [0.29, 0.717) is 11.2 Å². The highest BCUT2D eigenvalue weighted by molar-refractivity contribution is 7.71. The van der Waals surface area contributed by atoms with E-state index in [-0.39, 0.29) is 5.91 Å². The van der Waals surface area contributed by atoms with E-state index < -0.39 is 0 Å². The molecule has 1 aliphatic heterocycles. The first-order valence-electron chi connectivity index (χ1n) is 5.03. The average Bonchev–Trinajstić information content (AvgIpc) is 2.78. The molecule has 2 heterocycles. The Kier molecular flexibility index (Phi) is 3.10. The van der Waals surface area contributed by atoms with Gasteiger partial charge >= 0.3 is 0 Å². The number of aryl methyl sites for hydroxylation is 1. The molecule has 1 N–H and O–H groups in total. The minimum atomic E-state index is 0.265. The summed E-state index contributed by atoms with van der Waals surface area (Å²) in [4.78, 5) is 13.2. The lowest BCUT2D eigenvalue weighted by atomic mass is 10.4. The van der Waals surface area contributed by atoms with Crippen LogP contribution in [-0.2, 0) is 11.3 Å². The first kappa shape index (κ1) is 10.3. The van der Waals surface area contributed by atoms with E-state index in [1.165, 1.54) is 0 Å². The van der Waals surface area contributed by atoms with Crippen LogP contribution in [-0.4, -0.2) is 44.1 Å². The summed E-state index contributed by atoms with van der Waals surface area (Å²) < 4.78 is 2.17. The lowest BCUT2D eigenvalue weighted by molar-refractivity contribution is -0.127. The predicted octanol–water partition coefficient (Wildman–Crippen LogP) is 0.348. The van der Waals surface area contributed by atoms with Crippen molar-refractivity contribution in [2.75, 3.05) is 13.1 Å². The molecule has 1 aromatic rings. The third kappa shape index (κ3) is 2.41. The second-order valence-electron chi connectivity index (χ2n) is 3.57. The fourth-order valence-corrected chi connectivity index (χ4v) is 1.89. The normalized spacial score (nSPS) is 16.3. The Morgan fingerprint density at radius 3 is 2.93 bits per heavy atom. The number of aromatic amines is 1. The van der Waals surface area contributed by atoms with Gasteiger partial charge in [0.15, 0.2) is 0 Å². The summed E-state index contributed by atoms with van der Waals surface area (Å²) in [5.41, 5.74) is 0. The number of tetrazole rings is 1. The molecule has 0 bridgehead atoms. The van der Waals surface area contributed by atoms with Crippen LogP contribution in [0, 0.1) is 4.77 Å². The quantitative estimate of drug-likeness (QED) is 0.754. The summed E-state index contributed by atoms with van der Waals surface area (Å²) in [7, 11) is 0. The zero-order valence-corrected chi connectivity index (χ0v) is 9.16. The third-order valence-electron chi connectivity index (χ3n) is 2.51. The smallest absolute Gasteiger partial charge is 0.238 e. The number of nitrogens with one attached hydrogen (secondary N) is 1. The number of hydrogen-bond donors (Lipinski definition) is 1. The zero-order chi connectivity index (χ0) is 10.7. The molecule has 1 aliphatic rings. The average molecular weight is 227 g/mol. The highest BCUT2D eigenvalue weighted by atomic mass is 32.1. The molecular weight excluding hydrogens is 214 g/mol. The van der Waals surface area contributed by atoms with Gasteiger partial charge in [-0.2, -0.15) is 5.21 Å². The van der Waals surface area contributed by atoms with Crippen LogP contribution >= 0.6 is 12.2 Å². The predicted molar refractivity (Wildman–Crippen MR) is 55.6 cm³/mol. The highest BCUT2D eigenvalue weighted by Crippen LogP contribution is 2.09. The van der Waals surface area contributed by atoms with Crippen molar-refractivity contribution in [1.82, 2.24) is 25.1 Å². The van der Waals surface area contributed by atoms with E-state index in [1.807, 2.05) is 4.90 Å². The van der Waals surface area contributed by atoms with E-state index in [2.05, 4.69) is 15.5 Å². The van der Waals surface area contributed by atoms with Crippen LogP contribution in [0.3, 0.4) is 0 Å². The summed E-state index contributed by atoms with van der Waals surface area (Å²) in [6.45, 7) is 2.42. The molecule has 15 heavy (non-hydrogen) atoms. The fourth-order valence-electron chi connectivity index (χ4n) is 1.72. The van der Waals surface area contributed by atoms with Gasteiger partial charge in [0.05, 0.1) is 0 Å². The molecule has 0 aromatic carbocycles. The van der Waals surface area contributed by atoms with Crippen LogP contribution in [0.1, 0.15) is 19.3 Å². The molecule has 1 aromatic heterocycles. The fraction of sp³-hybridized carbons (Fsp3) is 0.750. The first-order chi connectivity index (χ1) is 7.27. The van der Waals surface area contributed by atoms with Gasteiger partial charge in [0.1, 0.15) is 0 Å². The first-order valence-corrected chi connectivity index (χ1v) is 5.44. The summed E-state index contributed by atoms with van der Waals surface area (Å²) in [5.74, 6) is 0.265. The molecule has 2 rings (SSSR count). The standard InChI is InChI=1S/C8H13N5OS/c14-7-3-1-4-12(7)5-2-6-13-8(15)9-10-11-13/h1-6H2,(H,9,11,15). The maximum atomic E-state index is 11.3. The molecule has 0 aliphatic carbocycles. The van der Waals surface area contributed by atoms with E-state index in [1.54, 1.807) is 4.68 Å². The molecule has 82 valence electrons. The number of carbonyl (C=O) groups is 1. The van der Waals surface area contributed by atoms with Gasteiger partial charge in [-0.1, -0.05) is 10.3 Å². The Balaban J connectivity index is 1.78. The minimum Gasteiger partial charge on any atom is -0.343 e. The molecule has 6 nitrogen and oxygen atoms in total. The molecule has 7 heteroatoms. The van der Waals surface area contributed by atoms with Crippen molar-refractivity contribution < 1.29 is 4.79 Å². The monoisotopic (exact) mass is 227 g/mol. The van der Waals surface area contributed by atoms with Gasteiger partial charge in [0.2, 0.25) is 10.7 Å². The molecule has 1 fully saturated rings. The Morgan fingerprint density at radius 1 is 1.47 bits per heavy atom. The van der Waals surface area contributed by atoms with Gasteiger partial charge in [-0.3, -0.25) is 4.79 Å². The van der Waals surface area contributed by atoms with Crippen molar-refractivity contribution >= 4 is 18.1 Å². The summed E-state index contributed by atoms with van der Waals surface area (Å²) in [5, 5.41) is 9.95. The number of hydrogen-bond acceptors (Lipinski definition) is 4. The molecule has 0 atom stereocenters. The van der Waals surface area contributed by atoms with Crippen LogP contribution in [0.2, 0.25) is 0 Å². The molecule has 1 saturated heterocycles. The lowest BCUT2D eigenvalue weighted by Gasteiger charge is -2.14. The van der Waals surface area contributed by atoms with Crippen LogP contribution < -0.4 is 0 Å². The Labute approximate surface area is 92.2 Å². The van der Waals surface area contributed by atoms with Crippen molar-refractivity contribution in [3.63, 3.8) is 0 Å². The van der Waals surface area contributed by atoms with E-state index in [4.69, 9.17) is 12.2 Å². The van der Waals surface area contributed by atoms with Crippen molar-refractivity contribution in [1.29, 1.82) is 0 Å². The van der Waals surface area contributed by atoms with Crippen LogP contribution in [0.25, 0.3) is 0 Å². The SMILES string of the molecule is O=C1CCCN1CCCn1[nH]nnc1=S. The Morgan fingerprint density at radius 2 is 2.33 bits per heavy atom. The lowest BCUT2D eigenvalue weighted by Crippen LogP contribution is -2.26. The van der Waals surface area contributed by atoms with Crippen molar-refractivity contribution in [3.8, 4) is 0 Å². The van der Waals surface area contributed by atoms with Crippen LogP contribution in [0.4, 0.5) is 0 Å². The zero-order valence-electron chi connectivity index (χ0n) is 8.35. The van der Waals surface area contributed by atoms with Crippen molar-refractivity contribution in [2.45, 2.75) is 25.8 Å². The van der Waals surface area contributed by atoms with Crippen LogP contribution in [0.5, 0.6) is 0 Å². The highest BCUT2D eigenvalue weighted by Gasteiger charge is 2.18. The molecule has 1 amide bonds. The van der Waals surface area contributed by atoms with Gasteiger partial charge in [-0.15, -0.1) is 0 Å². The number of amides is 1. The topological polar surface area (TPSA) is 66.8 Å². The maximum absolute atomic E-state index is 11.3. The maximum Gasteiger partial charge on any atom is 0.238 e. The largest absolute Gasteiger partial charge is 0.343 e. The molecular formula is C8H13N5OS. The molecule has 0 radical (unpaired) electrons. The Bertz CT molecular complexity index is 398. The summed E-state index contributed by atoms with van der Waals surface area (Å²) in [6, 6.07) is 0. The van der Waals surface area contributed by atoms with Crippen LogP contribution in [0.15, 0.2) is 0 Å². The number of likely N-dealkylation sites (tertiary alicyclic amines) is 1. The third-order valence-corrected chi connectivity index (χ3v) is 2.82. The van der Waals surface area contributed by atoms with Gasteiger partial charge in [0, 0.05) is 26.1 Å². The minimum absolute atomic E-state index is 0.265. The number of H-pyrrole nitrogens is 1. The Hall–Kier alpha value is -1.24. The number of aromatic nitrogens is 4. The second-order valence-corrected chi connectivity index (χ2v) is 3.94. The van der Waals surface area contributed by atoms with Gasteiger partial charge in [-0.05, 0) is 25.1 Å². The van der Waals surface area contributed by atoms with Crippen molar-refractivity contribution in [2.24, 2.45) is 0 Å².